The number of aliphatic hydroxyl groups is 1. The van der Waals surface area contributed by atoms with Crippen LogP contribution in [0.25, 0.3) is 0 Å². The molecule has 1 fully saturated rings. The molecule has 2 aromatic carbocycles. The minimum atomic E-state index is -0.555. The molecule has 0 amide bonds. The van der Waals surface area contributed by atoms with Crippen molar-refractivity contribution in [3.8, 4) is 0 Å². The molecule has 3 rings (SSSR count). The number of hydrogen-bond donors (Lipinski definition) is 2. The van der Waals surface area contributed by atoms with Crippen molar-refractivity contribution >= 4 is 11.6 Å². The maximum atomic E-state index is 11.0. The van der Waals surface area contributed by atoms with E-state index in [-0.39, 0.29) is 6.04 Å². The van der Waals surface area contributed by atoms with E-state index < -0.39 is 6.10 Å². The van der Waals surface area contributed by atoms with E-state index >= 15 is 0 Å². The van der Waals surface area contributed by atoms with Gasteiger partial charge in [0.1, 0.15) is 0 Å². The molecule has 0 bridgehead atoms. The molecule has 0 aliphatic carbocycles. The van der Waals surface area contributed by atoms with Crippen molar-refractivity contribution in [2.75, 3.05) is 26.2 Å². The van der Waals surface area contributed by atoms with Gasteiger partial charge < -0.3 is 10.4 Å². The molecular formula is C18H21ClN2O. The van der Waals surface area contributed by atoms with Crippen molar-refractivity contribution in [3.63, 3.8) is 0 Å². The molecule has 0 spiro atoms. The average Bonchev–Trinajstić information content (AvgIpc) is 2.58. The quantitative estimate of drug-likeness (QED) is 0.910. The summed E-state index contributed by atoms with van der Waals surface area (Å²) in [5, 5.41) is 15.0. The number of piperazine rings is 1. The number of nitrogens with zero attached hydrogens (tertiary/aromatic N) is 1. The molecule has 0 radical (unpaired) electrons. The summed E-state index contributed by atoms with van der Waals surface area (Å²) in [4.78, 5) is 2.34. The summed E-state index contributed by atoms with van der Waals surface area (Å²) in [5.41, 5.74) is 2.05. The molecule has 22 heavy (non-hydrogen) atoms. The third-order valence-electron chi connectivity index (χ3n) is 4.20. The van der Waals surface area contributed by atoms with Crippen LogP contribution >= 0.6 is 11.6 Å². The lowest BCUT2D eigenvalue weighted by atomic mass is 9.94. The van der Waals surface area contributed by atoms with E-state index in [1.54, 1.807) is 0 Å². The Morgan fingerprint density at radius 2 is 1.55 bits per heavy atom. The first-order chi connectivity index (χ1) is 10.8. The second-order valence-electron chi connectivity index (χ2n) is 5.64. The summed E-state index contributed by atoms with van der Waals surface area (Å²) < 4.78 is 0. The summed E-state index contributed by atoms with van der Waals surface area (Å²) >= 11 is 6.01. The lowest BCUT2D eigenvalue weighted by molar-refractivity contribution is 0.0401. The summed E-state index contributed by atoms with van der Waals surface area (Å²) in [6.45, 7) is 3.76. The Morgan fingerprint density at radius 3 is 2.18 bits per heavy atom. The fourth-order valence-electron chi connectivity index (χ4n) is 3.05. The molecule has 1 heterocycles. The van der Waals surface area contributed by atoms with Crippen LogP contribution in [0.2, 0.25) is 5.02 Å². The van der Waals surface area contributed by atoms with Crippen LogP contribution in [0.15, 0.2) is 54.6 Å². The van der Waals surface area contributed by atoms with Crippen LogP contribution in [-0.2, 0) is 0 Å². The number of halogens is 1. The Labute approximate surface area is 136 Å². The largest absolute Gasteiger partial charge is 0.386 e. The van der Waals surface area contributed by atoms with Gasteiger partial charge in [-0.2, -0.15) is 0 Å². The Hall–Kier alpha value is -1.39. The molecule has 1 saturated heterocycles. The minimum absolute atomic E-state index is 0.0539. The number of rotatable bonds is 4. The van der Waals surface area contributed by atoms with Gasteiger partial charge in [0.15, 0.2) is 0 Å². The van der Waals surface area contributed by atoms with Gasteiger partial charge in [-0.25, -0.2) is 0 Å². The minimum Gasteiger partial charge on any atom is -0.386 e. The van der Waals surface area contributed by atoms with E-state index in [1.165, 1.54) is 0 Å². The van der Waals surface area contributed by atoms with Gasteiger partial charge in [-0.15, -0.1) is 0 Å². The Balaban J connectivity index is 1.93. The molecule has 2 N–H and O–H groups in total. The predicted octanol–water partition coefficient (Wildman–Crippen LogP) is 3.02. The molecule has 0 aromatic heterocycles. The molecular weight excluding hydrogens is 296 g/mol. The van der Waals surface area contributed by atoms with Gasteiger partial charge in [0.05, 0.1) is 12.1 Å². The topological polar surface area (TPSA) is 35.5 Å². The van der Waals surface area contributed by atoms with Crippen LogP contribution in [0.5, 0.6) is 0 Å². The zero-order valence-electron chi connectivity index (χ0n) is 12.5. The van der Waals surface area contributed by atoms with Crippen molar-refractivity contribution in [2.45, 2.75) is 12.1 Å². The van der Waals surface area contributed by atoms with E-state index in [0.717, 1.165) is 42.3 Å². The highest BCUT2D eigenvalue weighted by atomic mass is 35.5. The van der Waals surface area contributed by atoms with E-state index in [0.29, 0.717) is 0 Å². The SMILES string of the molecule is OC(c1ccccc1)C(c1ccc(Cl)cc1)N1CCNCC1. The van der Waals surface area contributed by atoms with Crippen LogP contribution in [0.4, 0.5) is 0 Å². The molecule has 2 aromatic rings. The molecule has 116 valence electrons. The lowest BCUT2D eigenvalue weighted by Gasteiger charge is -2.38. The van der Waals surface area contributed by atoms with Gasteiger partial charge in [-0.05, 0) is 23.3 Å². The smallest absolute Gasteiger partial charge is 0.0986 e. The van der Waals surface area contributed by atoms with E-state index in [2.05, 4.69) is 10.2 Å². The lowest BCUT2D eigenvalue weighted by Crippen LogP contribution is -2.46. The van der Waals surface area contributed by atoms with Crippen molar-refractivity contribution in [3.05, 3.63) is 70.7 Å². The van der Waals surface area contributed by atoms with E-state index in [9.17, 15) is 5.11 Å². The van der Waals surface area contributed by atoms with Crippen LogP contribution in [0, 0.1) is 0 Å². The number of nitrogens with one attached hydrogen (secondary N) is 1. The second-order valence-corrected chi connectivity index (χ2v) is 6.07. The maximum absolute atomic E-state index is 11.0. The van der Waals surface area contributed by atoms with Gasteiger partial charge in [0.25, 0.3) is 0 Å². The number of benzene rings is 2. The van der Waals surface area contributed by atoms with Gasteiger partial charge >= 0.3 is 0 Å². The zero-order valence-corrected chi connectivity index (χ0v) is 13.2. The first-order valence-electron chi connectivity index (χ1n) is 7.69. The summed E-state index contributed by atoms with van der Waals surface area (Å²) in [7, 11) is 0. The number of aliphatic hydroxyl groups excluding tert-OH is 1. The molecule has 2 unspecified atom stereocenters. The van der Waals surface area contributed by atoms with Gasteiger partial charge in [0, 0.05) is 31.2 Å². The van der Waals surface area contributed by atoms with Gasteiger partial charge in [-0.1, -0.05) is 54.1 Å². The summed E-state index contributed by atoms with van der Waals surface area (Å²) in [6, 6.07) is 17.6. The third kappa shape index (κ3) is 3.50. The highest BCUT2D eigenvalue weighted by Gasteiger charge is 2.29. The van der Waals surface area contributed by atoms with Crippen molar-refractivity contribution in [1.29, 1.82) is 0 Å². The van der Waals surface area contributed by atoms with Crippen LogP contribution in [-0.4, -0.2) is 36.2 Å². The van der Waals surface area contributed by atoms with E-state index in [1.807, 2.05) is 54.6 Å². The average molecular weight is 317 g/mol. The van der Waals surface area contributed by atoms with Crippen molar-refractivity contribution < 1.29 is 5.11 Å². The van der Waals surface area contributed by atoms with Crippen LogP contribution < -0.4 is 5.32 Å². The van der Waals surface area contributed by atoms with E-state index in [4.69, 9.17) is 11.6 Å². The second kappa shape index (κ2) is 7.25. The first kappa shape index (κ1) is 15.5. The maximum Gasteiger partial charge on any atom is 0.0986 e. The zero-order chi connectivity index (χ0) is 15.4. The monoisotopic (exact) mass is 316 g/mol. The molecule has 0 saturated carbocycles. The van der Waals surface area contributed by atoms with Crippen molar-refractivity contribution in [1.82, 2.24) is 10.2 Å². The Morgan fingerprint density at radius 1 is 0.909 bits per heavy atom. The third-order valence-corrected chi connectivity index (χ3v) is 4.45. The fraction of sp³-hybridized carbons (Fsp3) is 0.333. The van der Waals surface area contributed by atoms with Crippen LogP contribution in [0.1, 0.15) is 23.3 Å². The summed E-state index contributed by atoms with van der Waals surface area (Å²) in [6.07, 6.45) is -0.555. The summed E-state index contributed by atoms with van der Waals surface area (Å²) in [5.74, 6) is 0. The fourth-order valence-corrected chi connectivity index (χ4v) is 3.17. The van der Waals surface area contributed by atoms with Gasteiger partial charge in [0.2, 0.25) is 0 Å². The Bertz CT molecular complexity index is 582. The standard InChI is InChI=1S/C18H21ClN2O/c19-16-8-6-14(7-9-16)17(21-12-10-20-11-13-21)18(22)15-4-2-1-3-5-15/h1-9,17-18,20,22H,10-13H2. The van der Waals surface area contributed by atoms with Crippen molar-refractivity contribution in [2.24, 2.45) is 0 Å². The molecule has 3 nitrogen and oxygen atoms in total. The number of hydrogen-bond acceptors (Lipinski definition) is 3. The highest BCUT2D eigenvalue weighted by Crippen LogP contribution is 2.34. The molecule has 1 aliphatic rings. The van der Waals surface area contributed by atoms with Gasteiger partial charge in [-0.3, -0.25) is 4.90 Å². The highest BCUT2D eigenvalue weighted by molar-refractivity contribution is 6.30. The normalized spacial score (nSPS) is 18.8. The molecule has 4 heteroatoms. The molecule has 2 atom stereocenters. The van der Waals surface area contributed by atoms with Crippen LogP contribution in [0.3, 0.4) is 0 Å². The predicted molar refractivity (Wildman–Crippen MR) is 90.0 cm³/mol. The Kier molecular flexibility index (Phi) is 5.11. The molecule has 1 aliphatic heterocycles. The first-order valence-corrected chi connectivity index (χ1v) is 8.07.